The van der Waals surface area contributed by atoms with Crippen molar-refractivity contribution in [3.63, 3.8) is 0 Å². The SMILES string of the molecule is CC1CC1CNCc1cc2c(cc1O)OCO2. The van der Waals surface area contributed by atoms with Crippen molar-refractivity contribution in [2.75, 3.05) is 13.3 Å². The molecule has 2 aliphatic rings. The third-order valence-corrected chi connectivity index (χ3v) is 3.57. The van der Waals surface area contributed by atoms with Crippen LogP contribution in [-0.4, -0.2) is 18.4 Å². The van der Waals surface area contributed by atoms with Gasteiger partial charge in [0.05, 0.1) is 0 Å². The molecule has 0 bridgehead atoms. The molecule has 17 heavy (non-hydrogen) atoms. The highest BCUT2D eigenvalue weighted by Crippen LogP contribution is 2.38. The minimum absolute atomic E-state index is 0.241. The number of phenols is 1. The Kier molecular flexibility index (Phi) is 2.59. The molecule has 1 fully saturated rings. The minimum atomic E-state index is 0.241. The van der Waals surface area contributed by atoms with Gasteiger partial charge in [0.2, 0.25) is 6.79 Å². The summed E-state index contributed by atoms with van der Waals surface area (Å²) in [6.07, 6.45) is 1.32. The van der Waals surface area contributed by atoms with Gasteiger partial charge in [0, 0.05) is 18.2 Å². The van der Waals surface area contributed by atoms with Crippen LogP contribution < -0.4 is 14.8 Å². The summed E-state index contributed by atoms with van der Waals surface area (Å²) in [5.41, 5.74) is 0.863. The van der Waals surface area contributed by atoms with Crippen LogP contribution in [-0.2, 0) is 6.54 Å². The molecule has 1 aliphatic heterocycles. The second-order valence-electron chi connectivity index (χ2n) is 4.94. The van der Waals surface area contributed by atoms with Crippen LogP contribution in [0.25, 0.3) is 0 Å². The van der Waals surface area contributed by atoms with Crippen molar-refractivity contribution in [3.8, 4) is 17.2 Å². The van der Waals surface area contributed by atoms with E-state index in [1.54, 1.807) is 6.07 Å². The van der Waals surface area contributed by atoms with E-state index in [-0.39, 0.29) is 12.5 Å². The lowest BCUT2D eigenvalue weighted by Gasteiger charge is -2.07. The van der Waals surface area contributed by atoms with E-state index in [9.17, 15) is 5.11 Å². The molecule has 0 amide bonds. The molecule has 1 heterocycles. The first-order valence-corrected chi connectivity index (χ1v) is 6.06. The molecule has 4 nitrogen and oxygen atoms in total. The molecule has 0 saturated heterocycles. The van der Waals surface area contributed by atoms with Crippen LogP contribution in [0, 0.1) is 11.8 Å². The van der Waals surface area contributed by atoms with Gasteiger partial charge in [0.25, 0.3) is 0 Å². The number of nitrogens with one attached hydrogen (secondary N) is 1. The summed E-state index contributed by atoms with van der Waals surface area (Å²) in [4.78, 5) is 0. The molecule has 2 N–H and O–H groups in total. The molecule has 1 aromatic rings. The molecular formula is C13H17NO3. The van der Waals surface area contributed by atoms with E-state index in [4.69, 9.17) is 9.47 Å². The number of rotatable bonds is 4. The van der Waals surface area contributed by atoms with Crippen LogP contribution in [0.5, 0.6) is 17.2 Å². The topological polar surface area (TPSA) is 50.7 Å². The zero-order valence-corrected chi connectivity index (χ0v) is 9.90. The Balaban J connectivity index is 1.62. The maximum absolute atomic E-state index is 9.83. The Morgan fingerprint density at radius 3 is 2.76 bits per heavy atom. The molecule has 4 heteroatoms. The van der Waals surface area contributed by atoms with Crippen molar-refractivity contribution >= 4 is 0 Å². The second kappa shape index (κ2) is 4.11. The number of phenolic OH excluding ortho intramolecular Hbond substituents is 1. The molecule has 2 atom stereocenters. The number of benzene rings is 1. The molecule has 1 aromatic carbocycles. The highest BCUT2D eigenvalue weighted by molar-refractivity contribution is 5.51. The predicted molar refractivity (Wildman–Crippen MR) is 63.2 cm³/mol. The van der Waals surface area contributed by atoms with Gasteiger partial charge >= 0.3 is 0 Å². The molecule has 3 rings (SSSR count). The minimum Gasteiger partial charge on any atom is -0.507 e. The van der Waals surface area contributed by atoms with Crippen molar-refractivity contribution in [3.05, 3.63) is 17.7 Å². The van der Waals surface area contributed by atoms with E-state index in [2.05, 4.69) is 12.2 Å². The van der Waals surface area contributed by atoms with E-state index < -0.39 is 0 Å². The summed E-state index contributed by atoms with van der Waals surface area (Å²) >= 11 is 0. The van der Waals surface area contributed by atoms with Gasteiger partial charge in [0.15, 0.2) is 11.5 Å². The molecule has 92 valence electrons. The third-order valence-electron chi connectivity index (χ3n) is 3.57. The van der Waals surface area contributed by atoms with Gasteiger partial charge in [-0.3, -0.25) is 0 Å². The highest BCUT2D eigenvalue weighted by Gasteiger charge is 2.31. The summed E-state index contributed by atoms with van der Waals surface area (Å²) in [5, 5.41) is 13.2. The van der Waals surface area contributed by atoms with E-state index in [1.165, 1.54) is 6.42 Å². The number of ether oxygens (including phenoxy) is 2. The average Bonchev–Trinajstić information content (AvgIpc) is 2.82. The number of hydrogen-bond donors (Lipinski definition) is 2. The van der Waals surface area contributed by atoms with Gasteiger partial charge in [-0.2, -0.15) is 0 Å². The number of fused-ring (bicyclic) bond motifs is 1. The Bertz CT molecular complexity index is 433. The quantitative estimate of drug-likeness (QED) is 0.836. The molecule has 1 aliphatic carbocycles. The number of aromatic hydroxyl groups is 1. The van der Waals surface area contributed by atoms with Crippen LogP contribution in [0.4, 0.5) is 0 Å². The van der Waals surface area contributed by atoms with Gasteiger partial charge in [-0.25, -0.2) is 0 Å². The average molecular weight is 235 g/mol. The largest absolute Gasteiger partial charge is 0.507 e. The monoisotopic (exact) mass is 235 g/mol. The predicted octanol–water partition coefficient (Wildman–Crippen LogP) is 1.87. The summed E-state index contributed by atoms with van der Waals surface area (Å²) in [5.74, 6) is 3.28. The Morgan fingerprint density at radius 2 is 2.06 bits per heavy atom. The van der Waals surface area contributed by atoms with Crippen molar-refractivity contribution in [2.24, 2.45) is 11.8 Å². The zero-order valence-electron chi connectivity index (χ0n) is 9.90. The Labute approximate surface area is 101 Å². The summed E-state index contributed by atoms with van der Waals surface area (Å²) in [7, 11) is 0. The standard InChI is InChI=1S/C13H17NO3/c1-8-2-9(8)5-14-6-10-3-12-13(4-11(10)15)17-7-16-12/h3-4,8-9,14-15H,2,5-7H2,1H3. The third kappa shape index (κ3) is 2.17. The van der Waals surface area contributed by atoms with Crippen LogP contribution in [0.1, 0.15) is 18.9 Å². The summed E-state index contributed by atoms with van der Waals surface area (Å²) < 4.78 is 10.5. The van der Waals surface area contributed by atoms with Gasteiger partial charge in [0.1, 0.15) is 5.75 Å². The molecule has 0 aromatic heterocycles. The van der Waals surface area contributed by atoms with Crippen molar-refractivity contribution in [1.29, 1.82) is 0 Å². The van der Waals surface area contributed by atoms with E-state index in [1.807, 2.05) is 6.07 Å². The smallest absolute Gasteiger partial charge is 0.231 e. The first-order valence-electron chi connectivity index (χ1n) is 6.06. The molecule has 2 unspecified atom stereocenters. The Hall–Kier alpha value is -1.42. The first kappa shape index (κ1) is 10.7. The molecule has 0 radical (unpaired) electrons. The lowest BCUT2D eigenvalue weighted by atomic mass is 10.1. The number of hydrogen-bond acceptors (Lipinski definition) is 4. The molecular weight excluding hydrogens is 218 g/mol. The van der Waals surface area contributed by atoms with Crippen LogP contribution in [0.15, 0.2) is 12.1 Å². The van der Waals surface area contributed by atoms with Crippen LogP contribution in [0.2, 0.25) is 0 Å². The molecule has 0 spiro atoms. The fraction of sp³-hybridized carbons (Fsp3) is 0.538. The van der Waals surface area contributed by atoms with E-state index >= 15 is 0 Å². The summed E-state index contributed by atoms with van der Waals surface area (Å²) in [6.45, 7) is 4.20. The second-order valence-corrected chi connectivity index (χ2v) is 4.94. The van der Waals surface area contributed by atoms with Gasteiger partial charge in [-0.1, -0.05) is 6.92 Å². The van der Waals surface area contributed by atoms with Gasteiger partial charge in [-0.15, -0.1) is 0 Å². The van der Waals surface area contributed by atoms with Crippen LogP contribution in [0.3, 0.4) is 0 Å². The first-order chi connectivity index (χ1) is 8.24. The van der Waals surface area contributed by atoms with Gasteiger partial charge < -0.3 is 19.9 Å². The fourth-order valence-electron chi connectivity index (χ4n) is 2.19. The highest BCUT2D eigenvalue weighted by atomic mass is 16.7. The van der Waals surface area contributed by atoms with Crippen LogP contribution >= 0.6 is 0 Å². The van der Waals surface area contributed by atoms with E-state index in [0.29, 0.717) is 12.3 Å². The van der Waals surface area contributed by atoms with Crippen molar-refractivity contribution in [2.45, 2.75) is 19.9 Å². The fourth-order valence-corrected chi connectivity index (χ4v) is 2.19. The maximum Gasteiger partial charge on any atom is 0.231 e. The van der Waals surface area contributed by atoms with Crippen molar-refractivity contribution in [1.82, 2.24) is 5.32 Å². The van der Waals surface area contributed by atoms with Gasteiger partial charge in [-0.05, 0) is 30.9 Å². The van der Waals surface area contributed by atoms with Crippen molar-refractivity contribution < 1.29 is 14.6 Å². The van der Waals surface area contributed by atoms with E-state index in [0.717, 1.165) is 29.7 Å². The zero-order chi connectivity index (χ0) is 11.8. The maximum atomic E-state index is 9.83. The lowest BCUT2D eigenvalue weighted by Crippen LogP contribution is -2.16. The summed E-state index contributed by atoms with van der Waals surface area (Å²) in [6, 6.07) is 3.47. The lowest BCUT2D eigenvalue weighted by molar-refractivity contribution is 0.174. The molecule has 1 saturated carbocycles. The normalized spacial score (nSPS) is 25.0. The Morgan fingerprint density at radius 1 is 1.35 bits per heavy atom.